The fraction of sp³-hybridized carbons (Fsp3) is 0.111. The third-order valence-electron chi connectivity index (χ3n) is 1.83. The highest BCUT2D eigenvalue weighted by Crippen LogP contribution is 2.25. The van der Waals surface area contributed by atoms with Gasteiger partial charge >= 0.3 is 0 Å². The van der Waals surface area contributed by atoms with Crippen molar-refractivity contribution in [1.29, 1.82) is 0 Å². The molecule has 2 heterocycles. The normalized spacial score (nSPS) is 10.4. The van der Waals surface area contributed by atoms with Crippen LogP contribution in [0.5, 0.6) is 0 Å². The first-order chi connectivity index (χ1) is 6.66. The van der Waals surface area contributed by atoms with Gasteiger partial charge in [0.05, 0.1) is 0 Å². The van der Waals surface area contributed by atoms with Crippen molar-refractivity contribution in [2.45, 2.75) is 6.92 Å². The number of H-pyrrole nitrogens is 1. The number of anilines is 1. The Morgan fingerprint density at radius 2 is 2.29 bits per heavy atom. The van der Waals surface area contributed by atoms with Gasteiger partial charge in [0.1, 0.15) is 22.5 Å². The van der Waals surface area contributed by atoms with Gasteiger partial charge < -0.3 is 10.7 Å². The van der Waals surface area contributed by atoms with Gasteiger partial charge in [-0.25, -0.2) is 9.97 Å². The lowest BCUT2D eigenvalue weighted by molar-refractivity contribution is 1.15. The van der Waals surface area contributed by atoms with Crippen molar-refractivity contribution in [1.82, 2.24) is 15.0 Å². The second-order valence-electron chi connectivity index (χ2n) is 2.95. The van der Waals surface area contributed by atoms with Gasteiger partial charge in [0.2, 0.25) is 0 Å². The van der Waals surface area contributed by atoms with E-state index in [-0.39, 0.29) is 0 Å². The number of aromatic amines is 1. The maximum Gasteiger partial charge on any atom is 0.134 e. The fourth-order valence-corrected chi connectivity index (χ4v) is 1.54. The van der Waals surface area contributed by atoms with Crippen LogP contribution in [-0.2, 0) is 0 Å². The molecule has 2 aromatic rings. The number of rotatable bonds is 1. The zero-order chi connectivity index (χ0) is 10.1. The number of pyridine rings is 1. The van der Waals surface area contributed by atoms with Gasteiger partial charge in [0, 0.05) is 11.8 Å². The van der Waals surface area contributed by atoms with E-state index in [4.69, 9.17) is 17.3 Å². The molecule has 0 aromatic carbocycles. The minimum atomic E-state index is 0.458. The third kappa shape index (κ3) is 1.56. The lowest BCUT2D eigenvalue weighted by Gasteiger charge is -1.97. The van der Waals surface area contributed by atoms with Crippen LogP contribution in [0.1, 0.15) is 5.82 Å². The van der Waals surface area contributed by atoms with Crippen molar-refractivity contribution in [3.63, 3.8) is 0 Å². The second kappa shape index (κ2) is 3.31. The van der Waals surface area contributed by atoms with Gasteiger partial charge in [-0.1, -0.05) is 11.6 Å². The Labute approximate surface area is 86.1 Å². The number of aromatic nitrogens is 3. The highest BCUT2D eigenvalue weighted by molar-refractivity contribution is 6.31. The molecule has 4 nitrogen and oxygen atoms in total. The Morgan fingerprint density at radius 3 is 2.86 bits per heavy atom. The Balaban J connectivity index is 2.54. The number of hydrogen-bond acceptors (Lipinski definition) is 3. The lowest BCUT2D eigenvalue weighted by atomic mass is 10.2. The summed E-state index contributed by atoms with van der Waals surface area (Å²) in [5.41, 5.74) is 7.13. The van der Waals surface area contributed by atoms with Crippen LogP contribution in [-0.4, -0.2) is 15.0 Å². The largest absolute Gasteiger partial charge is 0.384 e. The average molecular weight is 209 g/mol. The molecule has 2 aromatic heterocycles. The minimum absolute atomic E-state index is 0.458. The molecule has 0 radical (unpaired) electrons. The van der Waals surface area contributed by atoms with E-state index in [0.29, 0.717) is 16.7 Å². The van der Waals surface area contributed by atoms with Crippen LogP contribution < -0.4 is 5.73 Å². The number of nitrogen functional groups attached to an aromatic ring is 1. The highest BCUT2D eigenvalue weighted by Gasteiger charge is 2.08. The van der Waals surface area contributed by atoms with E-state index in [0.717, 1.165) is 11.4 Å². The van der Waals surface area contributed by atoms with Crippen molar-refractivity contribution in [2.75, 3.05) is 5.73 Å². The monoisotopic (exact) mass is 208 g/mol. The molecule has 0 amide bonds. The molecule has 0 saturated heterocycles. The molecular weight excluding hydrogens is 200 g/mol. The maximum absolute atomic E-state index is 5.95. The summed E-state index contributed by atoms with van der Waals surface area (Å²) in [6.07, 6.45) is 1.63. The molecule has 0 aliphatic carbocycles. The van der Waals surface area contributed by atoms with Gasteiger partial charge in [-0.05, 0) is 19.1 Å². The van der Waals surface area contributed by atoms with Crippen LogP contribution in [0.15, 0.2) is 18.3 Å². The third-order valence-corrected chi connectivity index (χ3v) is 2.11. The quantitative estimate of drug-likeness (QED) is 0.754. The topological polar surface area (TPSA) is 67.6 Å². The molecule has 5 heteroatoms. The van der Waals surface area contributed by atoms with Gasteiger partial charge in [0.15, 0.2) is 0 Å². The van der Waals surface area contributed by atoms with Crippen molar-refractivity contribution in [2.24, 2.45) is 0 Å². The first-order valence-corrected chi connectivity index (χ1v) is 4.48. The first-order valence-electron chi connectivity index (χ1n) is 4.11. The van der Waals surface area contributed by atoms with E-state index in [1.807, 2.05) is 13.0 Å². The van der Waals surface area contributed by atoms with Crippen molar-refractivity contribution >= 4 is 17.4 Å². The summed E-state index contributed by atoms with van der Waals surface area (Å²) in [5.74, 6) is 1.24. The van der Waals surface area contributed by atoms with Gasteiger partial charge in [0.25, 0.3) is 0 Å². The summed E-state index contributed by atoms with van der Waals surface area (Å²) in [5, 5.41) is 0.521. The molecular formula is C9H9ClN4. The lowest BCUT2D eigenvalue weighted by Crippen LogP contribution is -1.89. The number of imidazole rings is 1. The maximum atomic E-state index is 5.95. The Hall–Kier alpha value is -1.55. The molecule has 2 rings (SSSR count). The van der Waals surface area contributed by atoms with Crippen LogP contribution in [0, 0.1) is 6.92 Å². The summed E-state index contributed by atoms with van der Waals surface area (Å²) < 4.78 is 0. The summed E-state index contributed by atoms with van der Waals surface area (Å²) in [7, 11) is 0. The zero-order valence-electron chi connectivity index (χ0n) is 7.58. The van der Waals surface area contributed by atoms with E-state index in [9.17, 15) is 0 Å². The standard InChI is InChI=1S/C9H9ClN4/c1-5-13-8(9(10)14-5)6-2-3-12-7(11)4-6/h2-4H,1H3,(H2,11,12)(H,13,14). The molecule has 72 valence electrons. The number of halogens is 1. The molecule has 0 saturated carbocycles. The first kappa shape index (κ1) is 9.02. The van der Waals surface area contributed by atoms with Crippen molar-refractivity contribution < 1.29 is 0 Å². The smallest absolute Gasteiger partial charge is 0.134 e. The number of hydrogen-bond donors (Lipinski definition) is 2. The predicted octanol–water partition coefficient (Wildman–Crippen LogP) is 2.02. The van der Waals surface area contributed by atoms with E-state index >= 15 is 0 Å². The van der Waals surface area contributed by atoms with Gasteiger partial charge in [-0.3, -0.25) is 0 Å². The molecule has 0 unspecified atom stereocenters. The highest BCUT2D eigenvalue weighted by atomic mass is 35.5. The Kier molecular flexibility index (Phi) is 2.13. The van der Waals surface area contributed by atoms with Crippen LogP contribution in [0.4, 0.5) is 5.82 Å². The summed E-state index contributed by atoms with van der Waals surface area (Å²) >= 11 is 5.95. The van der Waals surface area contributed by atoms with Crippen molar-refractivity contribution in [3.05, 3.63) is 29.3 Å². The van der Waals surface area contributed by atoms with Crippen LogP contribution in [0.25, 0.3) is 11.3 Å². The SMILES string of the molecule is Cc1nc(-c2ccnc(N)c2)c(Cl)[nH]1. The Bertz CT molecular complexity index is 464. The molecule has 0 aliphatic heterocycles. The van der Waals surface area contributed by atoms with E-state index in [1.165, 1.54) is 0 Å². The minimum Gasteiger partial charge on any atom is -0.384 e. The zero-order valence-corrected chi connectivity index (χ0v) is 8.34. The van der Waals surface area contributed by atoms with E-state index in [1.54, 1.807) is 12.3 Å². The summed E-state index contributed by atoms with van der Waals surface area (Å²) in [6.45, 7) is 1.85. The summed E-state index contributed by atoms with van der Waals surface area (Å²) in [4.78, 5) is 11.1. The number of nitrogens with two attached hydrogens (primary N) is 1. The molecule has 14 heavy (non-hydrogen) atoms. The van der Waals surface area contributed by atoms with Crippen LogP contribution in [0.3, 0.4) is 0 Å². The molecule has 0 spiro atoms. The fourth-order valence-electron chi connectivity index (χ4n) is 1.25. The predicted molar refractivity (Wildman–Crippen MR) is 56.0 cm³/mol. The molecule has 0 aliphatic rings. The van der Waals surface area contributed by atoms with Crippen molar-refractivity contribution in [3.8, 4) is 11.3 Å². The number of nitrogens with zero attached hydrogens (tertiary/aromatic N) is 2. The van der Waals surface area contributed by atoms with Crippen LogP contribution in [0.2, 0.25) is 5.15 Å². The average Bonchev–Trinajstić information content (AvgIpc) is 2.45. The number of nitrogens with one attached hydrogen (secondary N) is 1. The molecule has 0 fully saturated rings. The Morgan fingerprint density at radius 1 is 1.50 bits per heavy atom. The van der Waals surface area contributed by atoms with E-state index in [2.05, 4.69) is 15.0 Å². The van der Waals surface area contributed by atoms with Gasteiger partial charge in [-0.15, -0.1) is 0 Å². The van der Waals surface area contributed by atoms with E-state index < -0.39 is 0 Å². The van der Waals surface area contributed by atoms with Gasteiger partial charge in [-0.2, -0.15) is 0 Å². The molecule has 0 atom stereocenters. The number of aryl methyl sites for hydroxylation is 1. The summed E-state index contributed by atoms with van der Waals surface area (Å²) in [6, 6.07) is 3.55. The second-order valence-corrected chi connectivity index (χ2v) is 3.33. The van der Waals surface area contributed by atoms with Crippen LogP contribution >= 0.6 is 11.6 Å². The molecule has 3 N–H and O–H groups in total. The molecule has 0 bridgehead atoms.